The van der Waals surface area contributed by atoms with E-state index in [2.05, 4.69) is 10.4 Å². The maximum Gasteiger partial charge on any atom is 0.335 e. The van der Waals surface area contributed by atoms with E-state index >= 15 is 0 Å². The van der Waals surface area contributed by atoms with Crippen LogP contribution in [0.1, 0.15) is 38.9 Å². The molecule has 0 aliphatic heterocycles. The molecule has 0 aliphatic rings. The summed E-state index contributed by atoms with van der Waals surface area (Å²) in [6.07, 6.45) is 2.36. The normalized spacial score (nSPS) is 10.4. The van der Waals surface area contributed by atoms with Gasteiger partial charge in [-0.2, -0.15) is 5.10 Å². The molecule has 0 radical (unpaired) electrons. The van der Waals surface area contributed by atoms with E-state index in [-0.39, 0.29) is 18.0 Å². The van der Waals surface area contributed by atoms with Crippen LogP contribution in [0.2, 0.25) is 0 Å². The smallest absolute Gasteiger partial charge is 0.335 e. The first-order valence-corrected chi connectivity index (χ1v) is 6.64. The molecule has 0 fully saturated rings. The summed E-state index contributed by atoms with van der Waals surface area (Å²) in [7, 11) is 1.77. The number of nitrogens with one attached hydrogen (secondary N) is 1. The van der Waals surface area contributed by atoms with Gasteiger partial charge in [0.1, 0.15) is 0 Å². The Balaban J connectivity index is 2.07. The van der Waals surface area contributed by atoms with Gasteiger partial charge in [0, 0.05) is 19.8 Å². The van der Waals surface area contributed by atoms with Gasteiger partial charge in [0.2, 0.25) is 0 Å². The lowest BCUT2D eigenvalue weighted by Gasteiger charge is -2.06. The van der Waals surface area contributed by atoms with Crippen LogP contribution in [0.5, 0.6) is 0 Å². The zero-order chi connectivity index (χ0) is 15.4. The van der Waals surface area contributed by atoms with E-state index in [1.165, 1.54) is 6.07 Å². The van der Waals surface area contributed by atoms with Gasteiger partial charge in [0.15, 0.2) is 0 Å². The highest BCUT2D eigenvalue weighted by atomic mass is 16.4. The number of amides is 1. The molecule has 6 heteroatoms. The van der Waals surface area contributed by atoms with Gasteiger partial charge in [0.25, 0.3) is 5.91 Å². The number of nitrogens with zero attached hydrogens (tertiary/aromatic N) is 2. The number of benzene rings is 1. The molecule has 110 valence electrons. The highest BCUT2D eigenvalue weighted by Crippen LogP contribution is 2.09. The number of carbonyl (C=O) groups is 2. The van der Waals surface area contributed by atoms with E-state index in [1.807, 2.05) is 6.92 Å². The summed E-state index contributed by atoms with van der Waals surface area (Å²) < 4.78 is 1.61. The summed E-state index contributed by atoms with van der Waals surface area (Å²) in [5.74, 6) is -1.19. The minimum Gasteiger partial charge on any atom is -0.478 e. The quantitative estimate of drug-likeness (QED) is 0.875. The van der Waals surface area contributed by atoms with Gasteiger partial charge in [-0.3, -0.25) is 9.48 Å². The second-order valence-electron chi connectivity index (χ2n) is 4.70. The van der Waals surface area contributed by atoms with Crippen LogP contribution in [0, 0.1) is 0 Å². The third-order valence-electron chi connectivity index (χ3n) is 3.11. The minimum absolute atomic E-state index is 0.206. The van der Waals surface area contributed by atoms with Crippen molar-refractivity contribution in [2.45, 2.75) is 19.9 Å². The standard InChI is InChI=1S/C15H17N3O3/c1-3-13-12(9-18(2)17-13)14(19)16-8-10-5-4-6-11(7-10)15(20)21/h4-7,9H,3,8H2,1-2H3,(H,16,19)(H,20,21). The van der Waals surface area contributed by atoms with Crippen molar-refractivity contribution in [3.05, 3.63) is 52.8 Å². The van der Waals surface area contributed by atoms with Gasteiger partial charge in [-0.15, -0.1) is 0 Å². The van der Waals surface area contributed by atoms with Crippen molar-refractivity contribution < 1.29 is 14.7 Å². The number of aromatic carboxylic acids is 1. The number of hydrogen-bond acceptors (Lipinski definition) is 3. The molecule has 0 spiro atoms. The topological polar surface area (TPSA) is 84.2 Å². The fourth-order valence-electron chi connectivity index (χ4n) is 2.08. The fraction of sp³-hybridized carbons (Fsp3) is 0.267. The third kappa shape index (κ3) is 3.47. The molecule has 2 N–H and O–H groups in total. The van der Waals surface area contributed by atoms with Gasteiger partial charge < -0.3 is 10.4 Å². The molecule has 2 rings (SSSR count). The molecular formula is C15H17N3O3. The lowest BCUT2D eigenvalue weighted by Crippen LogP contribution is -2.23. The molecule has 21 heavy (non-hydrogen) atoms. The number of aromatic nitrogens is 2. The van der Waals surface area contributed by atoms with Crippen LogP contribution in [0.3, 0.4) is 0 Å². The van der Waals surface area contributed by atoms with Gasteiger partial charge in [-0.1, -0.05) is 19.1 Å². The lowest BCUT2D eigenvalue weighted by atomic mass is 10.1. The van der Waals surface area contributed by atoms with E-state index < -0.39 is 5.97 Å². The summed E-state index contributed by atoms with van der Waals surface area (Å²) in [4.78, 5) is 23.0. The van der Waals surface area contributed by atoms with Gasteiger partial charge in [0.05, 0.1) is 16.8 Å². The lowest BCUT2D eigenvalue weighted by molar-refractivity contribution is 0.0696. The first-order chi connectivity index (χ1) is 10.0. The van der Waals surface area contributed by atoms with E-state index in [9.17, 15) is 9.59 Å². The van der Waals surface area contributed by atoms with Crippen LogP contribution in [0.4, 0.5) is 0 Å². The molecule has 2 aromatic rings. The second kappa shape index (κ2) is 6.21. The SMILES string of the molecule is CCc1nn(C)cc1C(=O)NCc1cccc(C(=O)O)c1. The van der Waals surface area contributed by atoms with E-state index in [4.69, 9.17) is 5.11 Å². The number of carbonyl (C=O) groups excluding carboxylic acids is 1. The van der Waals surface area contributed by atoms with Crippen LogP contribution < -0.4 is 5.32 Å². The Kier molecular flexibility index (Phi) is 4.37. The van der Waals surface area contributed by atoms with Crippen molar-refractivity contribution in [1.29, 1.82) is 0 Å². The van der Waals surface area contributed by atoms with E-state index in [1.54, 1.807) is 36.1 Å². The Hall–Kier alpha value is -2.63. The third-order valence-corrected chi connectivity index (χ3v) is 3.11. The minimum atomic E-state index is -0.983. The van der Waals surface area contributed by atoms with Crippen LogP contribution >= 0.6 is 0 Å². The predicted molar refractivity (Wildman–Crippen MR) is 77.2 cm³/mol. The predicted octanol–water partition coefficient (Wildman–Crippen LogP) is 1.61. The van der Waals surface area contributed by atoms with Gasteiger partial charge in [-0.25, -0.2) is 4.79 Å². The van der Waals surface area contributed by atoms with Crippen LogP contribution in [-0.4, -0.2) is 26.8 Å². The summed E-state index contributed by atoms with van der Waals surface area (Å²) >= 11 is 0. The van der Waals surface area contributed by atoms with Crippen molar-refractivity contribution in [1.82, 2.24) is 15.1 Å². The van der Waals surface area contributed by atoms with Crippen molar-refractivity contribution in [3.8, 4) is 0 Å². The van der Waals surface area contributed by atoms with E-state index in [0.29, 0.717) is 12.0 Å². The molecule has 0 atom stereocenters. The number of aryl methyl sites for hydroxylation is 2. The molecule has 1 aromatic heterocycles. The zero-order valence-electron chi connectivity index (χ0n) is 12.0. The molecule has 1 heterocycles. The Bertz CT molecular complexity index is 677. The maximum absolute atomic E-state index is 12.1. The Morgan fingerprint density at radius 1 is 1.38 bits per heavy atom. The van der Waals surface area contributed by atoms with E-state index in [0.717, 1.165) is 11.3 Å². The first kappa shape index (κ1) is 14.8. The average Bonchev–Trinajstić information content (AvgIpc) is 2.86. The Morgan fingerprint density at radius 3 is 2.81 bits per heavy atom. The summed E-state index contributed by atoms with van der Waals surface area (Å²) in [6.45, 7) is 2.22. The first-order valence-electron chi connectivity index (χ1n) is 6.64. The monoisotopic (exact) mass is 287 g/mol. The molecule has 0 saturated heterocycles. The summed E-state index contributed by atoms with van der Waals surface area (Å²) in [6, 6.07) is 6.50. The molecule has 1 aromatic carbocycles. The van der Waals surface area contributed by atoms with Crippen molar-refractivity contribution >= 4 is 11.9 Å². The Morgan fingerprint density at radius 2 is 2.14 bits per heavy atom. The largest absolute Gasteiger partial charge is 0.478 e. The van der Waals surface area contributed by atoms with Crippen molar-refractivity contribution in [3.63, 3.8) is 0 Å². The molecule has 6 nitrogen and oxygen atoms in total. The van der Waals surface area contributed by atoms with Crippen LogP contribution in [-0.2, 0) is 20.0 Å². The highest BCUT2D eigenvalue weighted by Gasteiger charge is 2.14. The number of rotatable bonds is 5. The number of hydrogen-bond donors (Lipinski definition) is 2. The zero-order valence-corrected chi connectivity index (χ0v) is 12.0. The molecule has 0 bridgehead atoms. The van der Waals surface area contributed by atoms with Crippen LogP contribution in [0.15, 0.2) is 30.5 Å². The summed E-state index contributed by atoms with van der Waals surface area (Å²) in [5, 5.41) is 15.9. The van der Waals surface area contributed by atoms with Gasteiger partial charge >= 0.3 is 5.97 Å². The molecular weight excluding hydrogens is 270 g/mol. The highest BCUT2D eigenvalue weighted by molar-refractivity contribution is 5.95. The Labute approximate surface area is 122 Å². The fourth-order valence-corrected chi connectivity index (χ4v) is 2.08. The molecule has 0 aliphatic carbocycles. The van der Waals surface area contributed by atoms with Crippen molar-refractivity contribution in [2.24, 2.45) is 7.05 Å². The second-order valence-corrected chi connectivity index (χ2v) is 4.70. The summed E-state index contributed by atoms with van der Waals surface area (Å²) in [5.41, 5.74) is 2.24. The average molecular weight is 287 g/mol. The number of carboxylic acids is 1. The van der Waals surface area contributed by atoms with Crippen LogP contribution in [0.25, 0.3) is 0 Å². The molecule has 0 unspecified atom stereocenters. The molecule has 1 amide bonds. The number of carboxylic acid groups (broad SMARTS) is 1. The van der Waals surface area contributed by atoms with Gasteiger partial charge in [-0.05, 0) is 24.1 Å². The maximum atomic E-state index is 12.1. The van der Waals surface area contributed by atoms with Crippen molar-refractivity contribution in [2.75, 3.05) is 0 Å². The molecule has 0 saturated carbocycles.